The Morgan fingerprint density at radius 2 is 1.76 bits per heavy atom. The van der Waals surface area contributed by atoms with Crippen LogP contribution in [0, 0.1) is 0 Å². The molecule has 2 amide bonds. The zero-order valence-electron chi connectivity index (χ0n) is 15.5. The summed E-state index contributed by atoms with van der Waals surface area (Å²) in [5.41, 5.74) is 0.501. The lowest BCUT2D eigenvalue weighted by Crippen LogP contribution is -2.37. The fourth-order valence-electron chi connectivity index (χ4n) is 1.98. The normalized spacial score (nSPS) is 10.6. The molecule has 0 unspecified atom stereocenters. The van der Waals surface area contributed by atoms with Crippen molar-refractivity contribution < 1.29 is 19.1 Å². The highest BCUT2D eigenvalue weighted by molar-refractivity contribution is 5.96. The van der Waals surface area contributed by atoms with E-state index in [1.165, 1.54) is 0 Å². The number of amides is 2. The number of hydrogen-bond donors (Lipinski definition) is 2. The van der Waals surface area contributed by atoms with Crippen molar-refractivity contribution in [3.05, 3.63) is 29.8 Å². The molecule has 0 aromatic heterocycles. The summed E-state index contributed by atoms with van der Waals surface area (Å²) in [6.45, 7) is 7.81. The van der Waals surface area contributed by atoms with Gasteiger partial charge in [0.25, 0.3) is 5.91 Å². The molecule has 0 bridgehead atoms. The molecule has 0 fully saturated rings. The summed E-state index contributed by atoms with van der Waals surface area (Å²) in [5.74, 6) is 0.252. The minimum absolute atomic E-state index is 0.0430. The minimum atomic E-state index is -0.279. The monoisotopic (exact) mass is 350 g/mol. The van der Waals surface area contributed by atoms with E-state index in [0.29, 0.717) is 25.3 Å². The van der Waals surface area contributed by atoms with E-state index in [9.17, 15) is 9.59 Å². The number of nitrogens with one attached hydrogen (secondary N) is 2. The molecule has 0 saturated carbocycles. The van der Waals surface area contributed by atoms with Gasteiger partial charge >= 0.3 is 0 Å². The summed E-state index contributed by atoms with van der Waals surface area (Å²) in [4.78, 5) is 23.7. The van der Waals surface area contributed by atoms with E-state index in [0.717, 1.165) is 25.0 Å². The molecule has 0 atom stereocenters. The first-order chi connectivity index (χ1) is 12.0. The fraction of sp³-hybridized carbons (Fsp3) is 0.579. The van der Waals surface area contributed by atoms with Gasteiger partial charge in [-0.2, -0.15) is 0 Å². The van der Waals surface area contributed by atoms with Crippen molar-refractivity contribution >= 4 is 11.8 Å². The Labute approximate surface area is 150 Å². The van der Waals surface area contributed by atoms with E-state index < -0.39 is 0 Å². The van der Waals surface area contributed by atoms with E-state index in [1.807, 2.05) is 13.8 Å². The highest BCUT2D eigenvalue weighted by atomic mass is 16.5. The predicted molar refractivity (Wildman–Crippen MR) is 97.9 cm³/mol. The van der Waals surface area contributed by atoms with Gasteiger partial charge in [-0.05, 0) is 51.0 Å². The lowest BCUT2D eigenvalue weighted by molar-refractivity contribution is -0.120. The molecule has 1 rings (SSSR count). The van der Waals surface area contributed by atoms with Gasteiger partial charge in [-0.15, -0.1) is 0 Å². The van der Waals surface area contributed by atoms with Crippen molar-refractivity contribution in [1.82, 2.24) is 10.6 Å². The van der Waals surface area contributed by atoms with Crippen LogP contribution in [0.4, 0.5) is 0 Å². The van der Waals surface area contributed by atoms with Crippen LogP contribution in [0.25, 0.3) is 0 Å². The smallest absolute Gasteiger partial charge is 0.251 e. The van der Waals surface area contributed by atoms with Crippen LogP contribution in [-0.4, -0.2) is 44.2 Å². The standard InChI is InChI=1S/C19H30N2O4/c1-4-5-12-25-17-9-7-16(8-10-17)19(23)21-14-18(22)20-11-6-13-24-15(2)3/h7-10,15H,4-6,11-14H2,1-3H3,(H,20,22)(H,21,23). The molecule has 6 nitrogen and oxygen atoms in total. The van der Waals surface area contributed by atoms with Gasteiger partial charge in [-0.3, -0.25) is 9.59 Å². The topological polar surface area (TPSA) is 76.7 Å². The zero-order chi connectivity index (χ0) is 18.5. The number of hydrogen-bond acceptors (Lipinski definition) is 4. The van der Waals surface area contributed by atoms with Gasteiger partial charge in [-0.25, -0.2) is 0 Å². The molecular formula is C19H30N2O4. The van der Waals surface area contributed by atoms with Gasteiger partial charge in [0.1, 0.15) is 5.75 Å². The molecule has 1 aromatic carbocycles. The van der Waals surface area contributed by atoms with Crippen LogP contribution < -0.4 is 15.4 Å². The maximum Gasteiger partial charge on any atom is 0.251 e. The molecule has 0 aliphatic carbocycles. The van der Waals surface area contributed by atoms with Gasteiger partial charge in [-0.1, -0.05) is 13.3 Å². The largest absolute Gasteiger partial charge is 0.494 e. The first-order valence-electron chi connectivity index (χ1n) is 8.92. The molecule has 6 heteroatoms. The van der Waals surface area contributed by atoms with Crippen LogP contribution >= 0.6 is 0 Å². The lowest BCUT2D eigenvalue weighted by atomic mass is 10.2. The second kappa shape index (κ2) is 12.3. The maximum absolute atomic E-state index is 12.0. The van der Waals surface area contributed by atoms with Crippen LogP contribution in [-0.2, 0) is 9.53 Å². The average Bonchev–Trinajstić information content (AvgIpc) is 2.60. The van der Waals surface area contributed by atoms with Crippen molar-refractivity contribution in [2.45, 2.75) is 46.1 Å². The highest BCUT2D eigenvalue weighted by Crippen LogP contribution is 2.12. The summed E-state index contributed by atoms with van der Waals surface area (Å²) in [6.07, 6.45) is 3.02. The van der Waals surface area contributed by atoms with Gasteiger partial charge < -0.3 is 20.1 Å². The average molecular weight is 350 g/mol. The number of unbranched alkanes of at least 4 members (excludes halogenated alkanes) is 1. The van der Waals surface area contributed by atoms with Gasteiger partial charge in [0.05, 0.1) is 19.3 Å². The van der Waals surface area contributed by atoms with Crippen molar-refractivity contribution in [2.24, 2.45) is 0 Å². The van der Waals surface area contributed by atoms with Crippen LogP contribution in [0.3, 0.4) is 0 Å². The van der Waals surface area contributed by atoms with E-state index in [2.05, 4.69) is 17.6 Å². The number of rotatable bonds is 12. The van der Waals surface area contributed by atoms with Crippen LogP contribution in [0.15, 0.2) is 24.3 Å². The quantitative estimate of drug-likeness (QED) is 0.568. The number of benzene rings is 1. The molecule has 0 heterocycles. The second-order valence-corrected chi connectivity index (χ2v) is 6.03. The molecule has 0 radical (unpaired) electrons. The van der Waals surface area contributed by atoms with Crippen molar-refractivity contribution in [2.75, 3.05) is 26.3 Å². The van der Waals surface area contributed by atoms with Crippen molar-refractivity contribution in [3.63, 3.8) is 0 Å². The summed E-state index contributed by atoms with van der Waals surface area (Å²) >= 11 is 0. The SMILES string of the molecule is CCCCOc1ccc(C(=O)NCC(=O)NCCCOC(C)C)cc1. The first kappa shape index (κ1) is 21.0. The fourth-order valence-corrected chi connectivity index (χ4v) is 1.98. The van der Waals surface area contributed by atoms with E-state index >= 15 is 0 Å². The van der Waals surface area contributed by atoms with E-state index in [-0.39, 0.29) is 24.5 Å². The molecule has 0 spiro atoms. The molecule has 0 saturated heterocycles. The number of carbonyl (C=O) groups excluding carboxylic acids is 2. The Bertz CT molecular complexity index is 515. The molecule has 25 heavy (non-hydrogen) atoms. The summed E-state index contributed by atoms with van der Waals surface area (Å²) in [5, 5.41) is 5.35. The Balaban J connectivity index is 2.23. The number of carbonyl (C=O) groups is 2. The highest BCUT2D eigenvalue weighted by Gasteiger charge is 2.08. The summed E-state index contributed by atoms with van der Waals surface area (Å²) in [6, 6.07) is 6.91. The van der Waals surface area contributed by atoms with Crippen molar-refractivity contribution in [3.8, 4) is 5.75 Å². The lowest BCUT2D eigenvalue weighted by Gasteiger charge is -2.09. The molecule has 1 aromatic rings. The van der Waals surface area contributed by atoms with Gasteiger partial charge in [0, 0.05) is 18.7 Å². The zero-order valence-corrected chi connectivity index (χ0v) is 15.5. The van der Waals surface area contributed by atoms with Gasteiger partial charge in [0.2, 0.25) is 5.91 Å². The second-order valence-electron chi connectivity index (χ2n) is 6.03. The molecule has 0 aliphatic rings. The predicted octanol–water partition coefficient (Wildman–Crippen LogP) is 2.53. The third-order valence-corrected chi connectivity index (χ3v) is 3.39. The summed E-state index contributed by atoms with van der Waals surface area (Å²) < 4.78 is 10.9. The van der Waals surface area contributed by atoms with Crippen LogP contribution in [0.1, 0.15) is 50.4 Å². The third-order valence-electron chi connectivity index (χ3n) is 3.39. The van der Waals surface area contributed by atoms with Crippen LogP contribution in [0.5, 0.6) is 5.75 Å². The number of ether oxygens (including phenoxy) is 2. The Morgan fingerprint density at radius 1 is 1.04 bits per heavy atom. The summed E-state index contributed by atoms with van der Waals surface area (Å²) in [7, 11) is 0. The Kier molecular flexibility index (Phi) is 10.3. The van der Waals surface area contributed by atoms with Crippen LogP contribution in [0.2, 0.25) is 0 Å². The molecular weight excluding hydrogens is 320 g/mol. The Morgan fingerprint density at radius 3 is 2.40 bits per heavy atom. The van der Waals surface area contributed by atoms with Gasteiger partial charge in [0.15, 0.2) is 0 Å². The Hall–Kier alpha value is -2.08. The molecule has 2 N–H and O–H groups in total. The minimum Gasteiger partial charge on any atom is -0.494 e. The molecule has 140 valence electrons. The molecule has 0 aliphatic heterocycles. The van der Waals surface area contributed by atoms with Crippen molar-refractivity contribution in [1.29, 1.82) is 0 Å². The first-order valence-corrected chi connectivity index (χ1v) is 8.92. The van der Waals surface area contributed by atoms with E-state index in [4.69, 9.17) is 9.47 Å². The maximum atomic E-state index is 12.0. The van der Waals surface area contributed by atoms with E-state index in [1.54, 1.807) is 24.3 Å². The third kappa shape index (κ3) is 9.72.